The standard InChI is InChI=1S/C19H26N2O2/c22-19(13-15-5-6-18-16(12-15)7-11-23-18)21-10-3-4-17(21)14-20-8-1-2-9-20/h5-6,12,17H,1-4,7-11,13-14H2. The highest BCUT2D eigenvalue weighted by molar-refractivity contribution is 5.79. The molecule has 0 radical (unpaired) electrons. The van der Waals surface area contributed by atoms with Gasteiger partial charge in [-0.05, 0) is 56.0 Å². The molecule has 3 heterocycles. The molecule has 1 amide bonds. The third kappa shape index (κ3) is 3.23. The summed E-state index contributed by atoms with van der Waals surface area (Å²) in [5.74, 6) is 1.29. The van der Waals surface area contributed by atoms with E-state index >= 15 is 0 Å². The Morgan fingerprint density at radius 3 is 2.91 bits per heavy atom. The fraction of sp³-hybridized carbons (Fsp3) is 0.632. The number of hydrogen-bond donors (Lipinski definition) is 0. The number of hydrogen-bond acceptors (Lipinski definition) is 3. The van der Waals surface area contributed by atoms with Crippen molar-refractivity contribution in [1.29, 1.82) is 0 Å². The van der Waals surface area contributed by atoms with Crippen molar-refractivity contribution in [2.75, 3.05) is 32.8 Å². The van der Waals surface area contributed by atoms with Gasteiger partial charge in [0.25, 0.3) is 0 Å². The van der Waals surface area contributed by atoms with Crippen LogP contribution in [-0.2, 0) is 17.6 Å². The normalized spacial score (nSPS) is 24.0. The van der Waals surface area contributed by atoms with E-state index in [1.54, 1.807) is 0 Å². The fourth-order valence-electron chi connectivity index (χ4n) is 4.24. The highest BCUT2D eigenvalue weighted by Gasteiger charge is 2.30. The Morgan fingerprint density at radius 1 is 1.17 bits per heavy atom. The summed E-state index contributed by atoms with van der Waals surface area (Å²) in [7, 11) is 0. The van der Waals surface area contributed by atoms with Crippen LogP contribution in [0.2, 0.25) is 0 Å². The Kier molecular flexibility index (Phi) is 4.25. The second kappa shape index (κ2) is 6.52. The van der Waals surface area contributed by atoms with E-state index in [0.29, 0.717) is 18.4 Å². The number of ether oxygens (including phenoxy) is 1. The molecule has 4 nitrogen and oxygen atoms in total. The maximum Gasteiger partial charge on any atom is 0.227 e. The monoisotopic (exact) mass is 314 g/mol. The van der Waals surface area contributed by atoms with Gasteiger partial charge in [-0.15, -0.1) is 0 Å². The quantitative estimate of drug-likeness (QED) is 0.854. The number of likely N-dealkylation sites (tertiary alicyclic amines) is 2. The first-order valence-corrected chi connectivity index (χ1v) is 9.06. The molecule has 1 atom stereocenters. The van der Waals surface area contributed by atoms with Crippen molar-refractivity contribution >= 4 is 5.91 Å². The molecule has 23 heavy (non-hydrogen) atoms. The number of amides is 1. The van der Waals surface area contributed by atoms with Gasteiger partial charge in [-0.1, -0.05) is 12.1 Å². The van der Waals surface area contributed by atoms with E-state index in [1.807, 2.05) is 12.1 Å². The Hall–Kier alpha value is -1.55. The van der Waals surface area contributed by atoms with Crippen molar-refractivity contribution in [1.82, 2.24) is 9.80 Å². The summed E-state index contributed by atoms with van der Waals surface area (Å²) >= 11 is 0. The second-order valence-electron chi connectivity index (χ2n) is 7.11. The molecule has 4 heteroatoms. The summed E-state index contributed by atoms with van der Waals surface area (Å²) in [6.07, 6.45) is 6.46. The van der Waals surface area contributed by atoms with Crippen molar-refractivity contribution in [3.05, 3.63) is 29.3 Å². The minimum Gasteiger partial charge on any atom is -0.493 e. The molecule has 1 unspecified atom stereocenters. The van der Waals surface area contributed by atoms with Crippen molar-refractivity contribution in [3.8, 4) is 5.75 Å². The van der Waals surface area contributed by atoms with Crippen molar-refractivity contribution in [2.45, 2.75) is 44.6 Å². The average Bonchev–Trinajstić information content (AvgIpc) is 3.28. The average molecular weight is 314 g/mol. The van der Waals surface area contributed by atoms with Gasteiger partial charge in [-0.3, -0.25) is 4.79 Å². The molecule has 0 aliphatic carbocycles. The molecule has 0 saturated carbocycles. The van der Waals surface area contributed by atoms with E-state index in [1.165, 1.54) is 37.9 Å². The van der Waals surface area contributed by atoms with Gasteiger partial charge in [0.1, 0.15) is 5.75 Å². The molecule has 0 aromatic heterocycles. The van der Waals surface area contributed by atoms with Gasteiger partial charge in [-0.2, -0.15) is 0 Å². The lowest BCUT2D eigenvalue weighted by molar-refractivity contribution is -0.131. The van der Waals surface area contributed by atoms with E-state index in [0.717, 1.165) is 43.9 Å². The van der Waals surface area contributed by atoms with Crippen LogP contribution in [0.25, 0.3) is 0 Å². The smallest absolute Gasteiger partial charge is 0.227 e. The Bertz CT molecular complexity index is 581. The molecule has 0 bridgehead atoms. The third-order valence-corrected chi connectivity index (χ3v) is 5.47. The van der Waals surface area contributed by atoms with Crippen LogP contribution in [0.3, 0.4) is 0 Å². The Labute approximate surface area is 138 Å². The fourth-order valence-corrected chi connectivity index (χ4v) is 4.24. The molecule has 124 valence electrons. The minimum atomic E-state index is 0.297. The van der Waals surface area contributed by atoms with Gasteiger partial charge < -0.3 is 14.5 Å². The molecule has 3 aliphatic heterocycles. The van der Waals surface area contributed by atoms with Crippen LogP contribution in [0.5, 0.6) is 5.75 Å². The first-order valence-electron chi connectivity index (χ1n) is 9.06. The predicted octanol–water partition coefficient (Wildman–Crippen LogP) is 2.25. The lowest BCUT2D eigenvalue weighted by Gasteiger charge is -2.28. The maximum atomic E-state index is 12.8. The van der Waals surface area contributed by atoms with Crippen LogP contribution in [0.1, 0.15) is 36.8 Å². The van der Waals surface area contributed by atoms with Crippen LogP contribution in [0.4, 0.5) is 0 Å². The summed E-state index contributed by atoms with van der Waals surface area (Å²) in [6, 6.07) is 6.66. The van der Waals surface area contributed by atoms with E-state index in [2.05, 4.69) is 15.9 Å². The van der Waals surface area contributed by atoms with Gasteiger partial charge >= 0.3 is 0 Å². The largest absolute Gasteiger partial charge is 0.493 e. The van der Waals surface area contributed by atoms with E-state index < -0.39 is 0 Å². The summed E-state index contributed by atoms with van der Waals surface area (Å²) in [4.78, 5) is 17.4. The topological polar surface area (TPSA) is 32.8 Å². The summed E-state index contributed by atoms with van der Waals surface area (Å²) in [5, 5.41) is 0. The van der Waals surface area contributed by atoms with Gasteiger partial charge in [0.2, 0.25) is 5.91 Å². The zero-order chi connectivity index (χ0) is 15.6. The molecule has 2 fully saturated rings. The van der Waals surface area contributed by atoms with Crippen LogP contribution < -0.4 is 4.74 Å². The van der Waals surface area contributed by atoms with Crippen LogP contribution in [0, 0.1) is 0 Å². The Morgan fingerprint density at radius 2 is 2.04 bits per heavy atom. The van der Waals surface area contributed by atoms with Gasteiger partial charge in [0.05, 0.1) is 13.0 Å². The van der Waals surface area contributed by atoms with E-state index in [9.17, 15) is 4.79 Å². The zero-order valence-electron chi connectivity index (χ0n) is 13.8. The summed E-state index contributed by atoms with van der Waals surface area (Å²) < 4.78 is 5.55. The predicted molar refractivity (Wildman–Crippen MR) is 89.8 cm³/mol. The lowest BCUT2D eigenvalue weighted by atomic mass is 10.1. The summed E-state index contributed by atoms with van der Waals surface area (Å²) in [6.45, 7) is 5.21. The van der Waals surface area contributed by atoms with Crippen molar-refractivity contribution in [3.63, 3.8) is 0 Å². The second-order valence-corrected chi connectivity index (χ2v) is 7.11. The SMILES string of the molecule is O=C(Cc1ccc2c(c1)CCO2)N1CCCC1CN1CCCC1. The highest BCUT2D eigenvalue weighted by atomic mass is 16.5. The molecule has 3 aliphatic rings. The third-order valence-electron chi connectivity index (χ3n) is 5.47. The molecule has 0 spiro atoms. The summed E-state index contributed by atoms with van der Waals surface area (Å²) in [5.41, 5.74) is 2.39. The van der Waals surface area contributed by atoms with Crippen LogP contribution >= 0.6 is 0 Å². The van der Waals surface area contributed by atoms with Crippen LogP contribution in [0.15, 0.2) is 18.2 Å². The van der Waals surface area contributed by atoms with Gasteiger partial charge in [0.15, 0.2) is 0 Å². The van der Waals surface area contributed by atoms with E-state index in [-0.39, 0.29) is 0 Å². The molecule has 1 aromatic carbocycles. The molecule has 0 N–H and O–H groups in total. The van der Waals surface area contributed by atoms with Crippen LogP contribution in [-0.4, -0.2) is 54.5 Å². The number of carbonyl (C=O) groups is 1. The zero-order valence-corrected chi connectivity index (χ0v) is 13.8. The number of nitrogens with zero attached hydrogens (tertiary/aromatic N) is 2. The first-order chi connectivity index (χ1) is 11.3. The van der Waals surface area contributed by atoms with Gasteiger partial charge in [-0.25, -0.2) is 0 Å². The first kappa shape index (κ1) is 15.0. The number of rotatable bonds is 4. The molecule has 2 saturated heterocycles. The highest BCUT2D eigenvalue weighted by Crippen LogP contribution is 2.27. The molecule has 4 rings (SSSR count). The molecule has 1 aromatic rings. The number of benzene rings is 1. The van der Waals surface area contributed by atoms with E-state index in [4.69, 9.17) is 4.74 Å². The maximum absolute atomic E-state index is 12.8. The lowest BCUT2D eigenvalue weighted by Crippen LogP contribution is -2.43. The van der Waals surface area contributed by atoms with Gasteiger partial charge in [0, 0.05) is 25.6 Å². The Balaban J connectivity index is 1.39. The number of fused-ring (bicyclic) bond motifs is 1. The minimum absolute atomic E-state index is 0.297. The molecular formula is C19H26N2O2. The number of carbonyl (C=O) groups excluding carboxylic acids is 1. The molecular weight excluding hydrogens is 288 g/mol. The van der Waals surface area contributed by atoms with Crippen molar-refractivity contribution < 1.29 is 9.53 Å². The van der Waals surface area contributed by atoms with Crippen molar-refractivity contribution in [2.24, 2.45) is 0 Å².